The summed E-state index contributed by atoms with van der Waals surface area (Å²) in [7, 11) is 1.67. The molecule has 1 aromatic rings. The maximum absolute atomic E-state index is 12.7. The molecule has 2 aliphatic rings. The van der Waals surface area contributed by atoms with Crippen LogP contribution in [0.5, 0.6) is 0 Å². The van der Waals surface area contributed by atoms with E-state index in [0.717, 1.165) is 32.1 Å². The van der Waals surface area contributed by atoms with Crippen molar-refractivity contribution in [2.24, 2.45) is 7.05 Å². The lowest BCUT2D eigenvalue weighted by Gasteiger charge is -2.43. The molecule has 0 bridgehead atoms. The van der Waals surface area contributed by atoms with Crippen LogP contribution in [0.2, 0.25) is 0 Å². The Morgan fingerprint density at radius 2 is 2.00 bits per heavy atom. The number of rotatable bonds is 2. The quantitative estimate of drug-likeness (QED) is 0.777. The Hall–Kier alpha value is -1.99. The second-order valence-electron chi connectivity index (χ2n) is 5.55. The number of nitrogens with one attached hydrogen (secondary N) is 1. The zero-order chi connectivity index (χ0) is 14.2. The van der Waals surface area contributed by atoms with Crippen LogP contribution >= 0.6 is 0 Å². The number of nitrogens with zero attached hydrogens (tertiary/aromatic N) is 5. The highest BCUT2D eigenvalue weighted by atomic mass is 16.2. The van der Waals surface area contributed by atoms with Gasteiger partial charge in [0, 0.05) is 0 Å². The third-order valence-electron chi connectivity index (χ3n) is 4.00. The summed E-state index contributed by atoms with van der Waals surface area (Å²) in [5.41, 5.74) is -0.699. The maximum atomic E-state index is 12.7. The van der Waals surface area contributed by atoms with Gasteiger partial charge in [0.15, 0.2) is 5.82 Å². The molecule has 8 nitrogen and oxygen atoms in total. The number of piperazine rings is 1. The highest BCUT2D eigenvalue weighted by molar-refractivity contribution is 5.98. The van der Waals surface area contributed by atoms with E-state index in [4.69, 9.17) is 0 Å². The van der Waals surface area contributed by atoms with E-state index in [1.165, 1.54) is 4.80 Å². The number of hydrogen-bond acceptors (Lipinski definition) is 5. The summed E-state index contributed by atoms with van der Waals surface area (Å²) in [6.07, 6.45) is 4.52. The van der Waals surface area contributed by atoms with Crippen molar-refractivity contribution in [1.82, 2.24) is 30.4 Å². The van der Waals surface area contributed by atoms with Crippen molar-refractivity contribution in [3.63, 3.8) is 0 Å². The summed E-state index contributed by atoms with van der Waals surface area (Å²) in [6, 6.07) is 0. The summed E-state index contributed by atoms with van der Waals surface area (Å²) in [6.45, 7) is 0.306. The van der Waals surface area contributed by atoms with Crippen LogP contribution in [0.4, 0.5) is 0 Å². The fraction of sp³-hybridized carbons (Fsp3) is 0.750. The minimum absolute atomic E-state index is 0.00995. The van der Waals surface area contributed by atoms with Gasteiger partial charge in [-0.15, -0.1) is 10.2 Å². The molecule has 1 aromatic heterocycles. The van der Waals surface area contributed by atoms with Crippen LogP contribution < -0.4 is 5.32 Å². The Morgan fingerprint density at radius 3 is 2.65 bits per heavy atom. The minimum Gasteiger partial charge on any atom is -0.340 e. The molecule has 2 heterocycles. The monoisotopic (exact) mass is 278 g/mol. The predicted octanol–water partition coefficient (Wildman–Crippen LogP) is -0.629. The average molecular weight is 278 g/mol. The molecule has 0 atom stereocenters. The summed E-state index contributed by atoms with van der Waals surface area (Å²) in [4.78, 5) is 27.5. The van der Waals surface area contributed by atoms with Gasteiger partial charge in [0.25, 0.3) is 0 Å². The first-order chi connectivity index (χ1) is 9.59. The largest absolute Gasteiger partial charge is 0.340 e. The predicted molar refractivity (Wildman–Crippen MR) is 68.2 cm³/mol. The molecule has 1 saturated heterocycles. The van der Waals surface area contributed by atoms with E-state index in [-0.39, 0.29) is 24.9 Å². The van der Waals surface area contributed by atoms with Crippen LogP contribution in [-0.4, -0.2) is 49.0 Å². The lowest BCUT2D eigenvalue weighted by Crippen LogP contribution is -2.66. The van der Waals surface area contributed by atoms with Crippen LogP contribution in [-0.2, 0) is 23.2 Å². The Labute approximate surface area is 116 Å². The van der Waals surface area contributed by atoms with Crippen LogP contribution in [0, 0.1) is 0 Å². The summed E-state index contributed by atoms with van der Waals surface area (Å²) >= 11 is 0. The standard InChI is InChI=1S/C12H18N6O2/c1-17-15-9(14-16-17)7-18-8-10(19)13-12(11(18)20)5-3-2-4-6-12/h2-8H2,1H3,(H,13,19). The zero-order valence-corrected chi connectivity index (χ0v) is 11.5. The van der Waals surface area contributed by atoms with Gasteiger partial charge in [-0.2, -0.15) is 4.80 Å². The third-order valence-corrected chi connectivity index (χ3v) is 4.00. The first-order valence-corrected chi connectivity index (χ1v) is 6.92. The number of hydrogen-bond donors (Lipinski definition) is 1. The van der Waals surface area contributed by atoms with Crippen molar-refractivity contribution >= 4 is 11.8 Å². The number of aromatic nitrogens is 4. The lowest BCUT2D eigenvalue weighted by molar-refractivity contribution is -0.152. The number of amides is 2. The molecule has 2 amide bonds. The molecule has 0 radical (unpaired) electrons. The lowest BCUT2D eigenvalue weighted by atomic mass is 9.79. The second kappa shape index (κ2) is 4.84. The SMILES string of the molecule is Cn1nnc(CN2CC(=O)NC3(CCCCC3)C2=O)n1. The molecule has 1 spiro atoms. The van der Waals surface area contributed by atoms with Gasteiger partial charge in [-0.1, -0.05) is 19.3 Å². The van der Waals surface area contributed by atoms with E-state index in [1.54, 1.807) is 11.9 Å². The highest BCUT2D eigenvalue weighted by Crippen LogP contribution is 2.32. The molecule has 1 N–H and O–H groups in total. The molecule has 1 aliphatic heterocycles. The summed E-state index contributed by atoms with van der Waals surface area (Å²) < 4.78 is 0. The van der Waals surface area contributed by atoms with Gasteiger partial charge in [0.1, 0.15) is 12.1 Å². The van der Waals surface area contributed by atoms with E-state index in [9.17, 15) is 9.59 Å². The Bertz CT molecular complexity index is 534. The van der Waals surface area contributed by atoms with Crippen LogP contribution in [0.3, 0.4) is 0 Å². The van der Waals surface area contributed by atoms with Crippen molar-refractivity contribution in [2.45, 2.75) is 44.2 Å². The molecular weight excluding hydrogens is 260 g/mol. The number of aryl methyl sites for hydroxylation is 1. The molecule has 8 heteroatoms. The van der Waals surface area contributed by atoms with Gasteiger partial charge in [0.05, 0.1) is 13.6 Å². The van der Waals surface area contributed by atoms with E-state index < -0.39 is 5.54 Å². The van der Waals surface area contributed by atoms with E-state index in [2.05, 4.69) is 20.7 Å². The second-order valence-corrected chi connectivity index (χ2v) is 5.55. The summed E-state index contributed by atoms with van der Waals surface area (Å²) in [5.74, 6) is 0.348. The summed E-state index contributed by atoms with van der Waals surface area (Å²) in [5, 5.41) is 14.6. The van der Waals surface area contributed by atoms with Gasteiger partial charge in [-0.25, -0.2) is 0 Å². The zero-order valence-electron chi connectivity index (χ0n) is 11.5. The number of tetrazole rings is 1. The maximum Gasteiger partial charge on any atom is 0.249 e. The van der Waals surface area contributed by atoms with Crippen molar-refractivity contribution in [3.8, 4) is 0 Å². The molecule has 2 fully saturated rings. The van der Waals surface area contributed by atoms with Crippen molar-refractivity contribution in [3.05, 3.63) is 5.82 Å². The van der Waals surface area contributed by atoms with Gasteiger partial charge in [-0.3, -0.25) is 9.59 Å². The minimum atomic E-state index is -0.699. The first kappa shape index (κ1) is 13.0. The van der Waals surface area contributed by atoms with Gasteiger partial charge >= 0.3 is 0 Å². The topological polar surface area (TPSA) is 93.0 Å². The van der Waals surface area contributed by atoms with Crippen molar-refractivity contribution in [1.29, 1.82) is 0 Å². The fourth-order valence-corrected chi connectivity index (χ4v) is 3.09. The Balaban J connectivity index is 1.80. The molecule has 108 valence electrons. The molecule has 0 aromatic carbocycles. The van der Waals surface area contributed by atoms with Gasteiger partial charge in [0.2, 0.25) is 11.8 Å². The number of carbonyl (C=O) groups excluding carboxylic acids is 2. The van der Waals surface area contributed by atoms with Gasteiger partial charge in [-0.05, 0) is 18.1 Å². The molecule has 1 saturated carbocycles. The van der Waals surface area contributed by atoms with E-state index in [1.807, 2.05) is 0 Å². The fourth-order valence-electron chi connectivity index (χ4n) is 3.09. The van der Waals surface area contributed by atoms with Crippen LogP contribution in [0.25, 0.3) is 0 Å². The Kier molecular flexibility index (Phi) is 3.15. The Morgan fingerprint density at radius 1 is 1.25 bits per heavy atom. The van der Waals surface area contributed by atoms with E-state index >= 15 is 0 Å². The molecular formula is C12H18N6O2. The third kappa shape index (κ3) is 2.25. The molecule has 1 aliphatic carbocycles. The molecule has 0 unspecified atom stereocenters. The van der Waals surface area contributed by atoms with Crippen LogP contribution in [0.15, 0.2) is 0 Å². The molecule has 3 rings (SSSR count). The number of carbonyl (C=O) groups is 2. The normalized spacial score (nSPS) is 22.1. The smallest absolute Gasteiger partial charge is 0.249 e. The van der Waals surface area contributed by atoms with Gasteiger partial charge < -0.3 is 10.2 Å². The molecule has 20 heavy (non-hydrogen) atoms. The van der Waals surface area contributed by atoms with Crippen molar-refractivity contribution < 1.29 is 9.59 Å². The first-order valence-electron chi connectivity index (χ1n) is 6.92. The highest BCUT2D eigenvalue weighted by Gasteiger charge is 2.47. The van der Waals surface area contributed by atoms with Crippen molar-refractivity contribution in [2.75, 3.05) is 6.54 Å². The average Bonchev–Trinajstić information content (AvgIpc) is 2.82. The van der Waals surface area contributed by atoms with Crippen LogP contribution in [0.1, 0.15) is 37.9 Å². The van der Waals surface area contributed by atoms with E-state index in [0.29, 0.717) is 5.82 Å².